The summed E-state index contributed by atoms with van der Waals surface area (Å²) in [7, 11) is 0. The zero-order valence-corrected chi connectivity index (χ0v) is 22.8. The Morgan fingerprint density at radius 2 is 0.625 bits per heavy atom. The molecule has 0 fully saturated rings. The summed E-state index contributed by atoms with van der Waals surface area (Å²) in [5, 5.41) is 0. The molecule has 0 radical (unpaired) electrons. The van der Waals surface area contributed by atoms with Gasteiger partial charge in [0.1, 0.15) is 0 Å². The lowest BCUT2D eigenvalue weighted by molar-refractivity contribution is -0.0921. The van der Waals surface area contributed by atoms with Crippen molar-refractivity contribution < 1.29 is 0 Å². The molecule has 0 bridgehead atoms. The minimum absolute atomic E-state index is 0.0206. The van der Waals surface area contributed by atoms with Crippen molar-refractivity contribution in [3.8, 4) is 0 Å². The molecule has 0 amide bonds. The molecule has 2 aromatic rings. The average molecular weight is 437 g/mol. The van der Waals surface area contributed by atoms with Crippen molar-refractivity contribution in [2.24, 2.45) is 0 Å². The highest BCUT2D eigenvalue weighted by Gasteiger charge is 2.48. The minimum atomic E-state index is -0.0206. The van der Waals surface area contributed by atoms with Gasteiger partial charge in [-0.05, 0) is 94.2 Å². The van der Waals surface area contributed by atoms with E-state index in [-0.39, 0.29) is 34.2 Å². The lowest BCUT2D eigenvalue weighted by Crippen LogP contribution is -2.61. The molecule has 0 saturated carbocycles. The van der Waals surface area contributed by atoms with Crippen molar-refractivity contribution in [3.05, 3.63) is 71.8 Å². The first-order valence-electron chi connectivity index (χ1n) is 12.1. The van der Waals surface area contributed by atoms with Gasteiger partial charge in [0, 0.05) is 22.2 Å². The van der Waals surface area contributed by atoms with Crippen molar-refractivity contribution in [1.29, 1.82) is 0 Å². The van der Waals surface area contributed by atoms with Crippen LogP contribution in [-0.2, 0) is 0 Å². The molecule has 0 aromatic heterocycles. The summed E-state index contributed by atoms with van der Waals surface area (Å²) in [6.07, 6.45) is 0. The normalized spacial score (nSPS) is 15.8. The van der Waals surface area contributed by atoms with Gasteiger partial charge in [0.05, 0.1) is 12.1 Å². The molecule has 0 unspecified atom stereocenters. The van der Waals surface area contributed by atoms with E-state index in [4.69, 9.17) is 0 Å². The Bertz CT molecular complexity index is 725. The molecular formula is C30H48N2. The third kappa shape index (κ3) is 6.23. The summed E-state index contributed by atoms with van der Waals surface area (Å²) >= 11 is 0. The van der Waals surface area contributed by atoms with Crippen LogP contribution in [0.15, 0.2) is 60.7 Å². The zero-order valence-electron chi connectivity index (χ0n) is 22.8. The number of rotatable bonds is 5. The Morgan fingerprint density at radius 3 is 0.812 bits per heavy atom. The Kier molecular flexibility index (Phi) is 7.74. The van der Waals surface area contributed by atoms with Crippen molar-refractivity contribution >= 4 is 0 Å². The zero-order chi connectivity index (χ0) is 24.5. The lowest BCUT2D eigenvalue weighted by atomic mass is 9.80. The lowest BCUT2D eigenvalue weighted by Gasteiger charge is -2.58. The molecule has 2 nitrogen and oxygen atoms in total. The van der Waals surface area contributed by atoms with Crippen molar-refractivity contribution in [1.82, 2.24) is 9.80 Å². The monoisotopic (exact) mass is 436 g/mol. The molecule has 32 heavy (non-hydrogen) atoms. The second-order valence-corrected chi connectivity index (χ2v) is 13.1. The Hall–Kier alpha value is -1.64. The smallest absolute Gasteiger partial charge is 0.0555 e. The van der Waals surface area contributed by atoms with E-state index in [2.05, 4.69) is 154 Å². The molecule has 0 aliphatic carbocycles. The fourth-order valence-electron chi connectivity index (χ4n) is 5.93. The predicted octanol–water partition coefficient (Wildman–Crippen LogP) is 8.27. The maximum absolute atomic E-state index is 2.73. The van der Waals surface area contributed by atoms with Gasteiger partial charge in [-0.1, -0.05) is 60.7 Å². The molecule has 2 rings (SSSR count). The van der Waals surface area contributed by atoms with Crippen molar-refractivity contribution in [2.45, 2.75) is 117 Å². The van der Waals surface area contributed by atoms with Crippen LogP contribution in [0.5, 0.6) is 0 Å². The maximum atomic E-state index is 2.73. The van der Waals surface area contributed by atoms with Crippen LogP contribution in [0.1, 0.15) is 106 Å². The van der Waals surface area contributed by atoms with E-state index in [9.17, 15) is 0 Å². The van der Waals surface area contributed by atoms with Gasteiger partial charge in [0.15, 0.2) is 0 Å². The van der Waals surface area contributed by atoms with Crippen LogP contribution < -0.4 is 0 Å². The van der Waals surface area contributed by atoms with E-state index in [1.807, 2.05) is 0 Å². The van der Waals surface area contributed by atoms with E-state index in [0.717, 1.165) is 0 Å². The van der Waals surface area contributed by atoms with Gasteiger partial charge in [-0.25, -0.2) is 0 Å². The quantitative estimate of drug-likeness (QED) is 0.465. The van der Waals surface area contributed by atoms with Crippen molar-refractivity contribution in [2.75, 3.05) is 0 Å². The standard InChI is InChI=1S/C30H48N2/c1-27(2,3)31(28(4,5)6)25(23-19-15-13-16-20-23)26(24-21-17-14-18-22-24)32(29(7,8)9)30(10,11)12/h13-22,25-26H,1-12H3/t25-,26-/m1/s1. The molecule has 0 heterocycles. The Morgan fingerprint density at radius 1 is 0.406 bits per heavy atom. The Balaban J connectivity index is 2.96. The molecule has 0 aliphatic heterocycles. The SMILES string of the molecule is CC(C)(C)N([C@H](c1ccccc1)[C@@H](c1ccccc1)N(C(C)(C)C)C(C)(C)C)C(C)(C)C. The van der Waals surface area contributed by atoms with E-state index in [0.29, 0.717) is 0 Å². The molecule has 0 aliphatic rings. The summed E-state index contributed by atoms with van der Waals surface area (Å²) in [6.45, 7) is 28.3. The maximum Gasteiger partial charge on any atom is 0.0555 e. The van der Waals surface area contributed by atoms with Crippen LogP contribution in [0.2, 0.25) is 0 Å². The highest BCUT2D eigenvalue weighted by molar-refractivity contribution is 5.30. The highest BCUT2D eigenvalue weighted by Crippen LogP contribution is 2.49. The molecule has 2 heteroatoms. The first-order chi connectivity index (χ1) is 14.5. The van der Waals surface area contributed by atoms with Gasteiger partial charge in [-0.15, -0.1) is 0 Å². The summed E-state index contributed by atoms with van der Waals surface area (Å²) in [4.78, 5) is 5.47. The third-order valence-electron chi connectivity index (χ3n) is 6.03. The highest BCUT2D eigenvalue weighted by atomic mass is 15.3. The van der Waals surface area contributed by atoms with Crippen LogP contribution in [0.4, 0.5) is 0 Å². The number of hydrogen-bond acceptors (Lipinski definition) is 2. The molecule has 178 valence electrons. The summed E-state index contributed by atoms with van der Waals surface area (Å²) < 4.78 is 0. The molecular weight excluding hydrogens is 388 g/mol. The second kappa shape index (κ2) is 9.31. The minimum Gasteiger partial charge on any atom is -0.285 e. The van der Waals surface area contributed by atoms with Gasteiger partial charge in [0.25, 0.3) is 0 Å². The van der Waals surface area contributed by atoms with Gasteiger partial charge in [-0.2, -0.15) is 0 Å². The van der Waals surface area contributed by atoms with Gasteiger partial charge in [0.2, 0.25) is 0 Å². The molecule has 2 aromatic carbocycles. The fourth-order valence-corrected chi connectivity index (χ4v) is 5.93. The second-order valence-electron chi connectivity index (χ2n) is 13.1. The van der Waals surface area contributed by atoms with Crippen LogP contribution in [0.3, 0.4) is 0 Å². The number of benzene rings is 2. The Labute approximate surface area is 199 Å². The number of nitrogens with zero attached hydrogens (tertiary/aromatic N) is 2. The summed E-state index contributed by atoms with van der Waals surface area (Å²) in [5.74, 6) is 0. The molecule has 0 saturated heterocycles. The molecule has 2 atom stereocenters. The summed E-state index contributed by atoms with van der Waals surface area (Å²) in [6, 6.07) is 22.6. The average Bonchev–Trinajstić information content (AvgIpc) is 2.61. The molecule has 0 N–H and O–H groups in total. The third-order valence-corrected chi connectivity index (χ3v) is 6.03. The van der Waals surface area contributed by atoms with Crippen molar-refractivity contribution in [3.63, 3.8) is 0 Å². The van der Waals surface area contributed by atoms with Crippen LogP contribution >= 0.6 is 0 Å². The predicted molar refractivity (Wildman–Crippen MR) is 141 cm³/mol. The summed E-state index contributed by atoms with van der Waals surface area (Å²) in [5.41, 5.74) is 2.65. The topological polar surface area (TPSA) is 6.48 Å². The van der Waals surface area contributed by atoms with E-state index < -0.39 is 0 Å². The van der Waals surface area contributed by atoms with Gasteiger partial charge < -0.3 is 0 Å². The van der Waals surface area contributed by atoms with Crippen LogP contribution in [0.25, 0.3) is 0 Å². The fraction of sp³-hybridized carbons (Fsp3) is 0.600. The van der Waals surface area contributed by atoms with Crippen LogP contribution in [0, 0.1) is 0 Å². The van der Waals surface area contributed by atoms with E-state index in [1.54, 1.807) is 0 Å². The van der Waals surface area contributed by atoms with E-state index in [1.165, 1.54) is 11.1 Å². The number of hydrogen-bond donors (Lipinski definition) is 0. The first kappa shape index (κ1) is 26.6. The van der Waals surface area contributed by atoms with Gasteiger partial charge in [-0.3, -0.25) is 9.80 Å². The van der Waals surface area contributed by atoms with E-state index >= 15 is 0 Å². The van der Waals surface area contributed by atoms with Crippen LogP contribution in [-0.4, -0.2) is 32.0 Å². The largest absolute Gasteiger partial charge is 0.285 e. The van der Waals surface area contributed by atoms with Gasteiger partial charge >= 0.3 is 0 Å². The molecule has 0 spiro atoms. The first-order valence-corrected chi connectivity index (χ1v) is 12.1.